The lowest BCUT2D eigenvalue weighted by molar-refractivity contribution is -0.139. The largest absolute Gasteiger partial charge is 0.307 e. The number of fused-ring (bicyclic) bond motifs is 1. The average molecular weight is 362 g/mol. The van der Waals surface area contributed by atoms with Crippen LogP contribution in [0.4, 0.5) is 11.5 Å². The van der Waals surface area contributed by atoms with Crippen molar-refractivity contribution >= 4 is 29.2 Å². The molecular weight excluding hydrogens is 344 g/mol. The minimum Gasteiger partial charge on any atom is -0.307 e. The fourth-order valence-electron chi connectivity index (χ4n) is 3.39. The Labute approximate surface area is 156 Å². The predicted octanol–water partition coefficient (Wildman–Crippen LogP) is 2.29. The number of anilines is 2. The van der Waals surface area contributed by atoms with Gasteiger partial charge in [0.25, 0.3) is 5.91 Å². The van der Waals surface area contributed by atoms with E-state index >= 15 is 0 Å². The van der Waals surface area contributed by atoms with Gasteiger partial charge in [0.2, 0.25) is 11.8 Å². The Hall–Kier alpha value is -3.48. The zero-order valence-corrected chi connectivity index (χ0v) is 14.5. The maximum Gasteiger partial charge on any atom is 0.256 e. The number of allylic oxidation sites excluding steroid dienone is 2. The van der Waals surface area contributed by atoms with E-state index in [4.69, 9.17) is 0 Å². The topological polar surface area (TPSA) is 91.4 Å². The van der Waals surface area contributed by atoms with E-state index in [1.165, 1.54) is 5.01 Å². The molecular formula is C20H18N4O3. The van der Waals surface area contributed by atoms with E-state index in [0.717, 1.165) is 0 Å². The van der Waals surface area contributed by atoms with Crippen LogP contribution >= 0.6 is 0 Å². The van der Waals surface area contributed by atoms with Crippen LogP contribution in [-0.2, 0) is 9.59 Å². The molecule has 2 atom stereocenters. The summed E-state index contributed by atoms with van der Waals surface area (Å²) in [7, 11) is 0. The van der Waals surface area contributed by atoms with E-state index in [1.54, 1.807) is 48.7 Å². The van der Waals surface area contributed by atoms with E-state index in [0.29, 0.717) is 29.9 Å². The Morgan fingerprint density at radius 3 is 2.67 bits per heavy atom. The third-order valence-corrected chi connectivity index (χ3v) is 4.80. The van der Waals surface area contributed by atoms with Crippen LogP contribution in [0.25, 0.3) is 0 Å². The van der Waals surface area contributed by atoms with Gasteiger partial charge in [-0.25, -0.2) is 9.99 Å². The van der Waals surface area contributed by atoms with Crippen molar-refractivity contribution in [3.05, 3.63) is 66.4 Å². The van der Waals surface area contributed by atoms with Crippen LogP contribution in [0.5, 0.6) is 0 Å². The molecule has 1 fully saturated rings. The monoisotopic (exact) mass is 362 g/mol. The first-order valence-corrected chi connectivity index (χ1v) is 8.75. The van der Waals surface area contributed by atoms with Gasteiger partial charge in [-0.05, 0) is 43.2 Å². The summed E-state index contributed by atoms with van der Waals surface area (Å²) in [5.41, 5.74) is 3.48. The molecule has 2 N–H and O–H groups in total. The number of carbonyl (C=O) groups is 3. The molecule has 2 aliphatic rings. The van der Waals surface area contributed by atoms with Gasteiger partial charge in [0, 0.05) is 11.8 Å². The fourth-order valence-corrected chi connectivity index (χ4v) is 3.39. The molecule has 0 saturated carbocycles. The average Bonchev–Trinajstić information content (AvgIpc) is 2.71. The number of aromatic nitrogens is 1. The minimum atomic E-state index is -0.366. The van der Waals surface area contributed by atoms with Crippen molar-refractivity contribution < 1.29 is 14.4 Å². The van der Waals surface area contributed by atoms with Crippen LogP contribution in [0.1, 0.15) is 23.2 Å². The second-order valence-electron chi connectivity index (χ2n) is 6.52. The third-order valence-electron chi connectivity index (χ3n) is 4.80. The molecule has 1 aromatic carbocycles. The van der Waals surface area contributed by atoms with Crippen LogP contribution in [0.2, 0.25) is 0 Å². The first kappa shape index (κ1) is 17.0. The fraction of sp³-hybridized carbons (Fsp3) is 0.200. The molecule has 136 valence electrons. The molecule has 1 saturated heterocycles. The Morgan fingerprint density at radius 2 is 1.89 bits per heavy atom. The summed E-state index contributed by atoms with van der Waals surface area (Å²) in [6.45, 7) is 0. The van der Waals surface area contributed by atoms with Crippen LogP contribution in [0.15, 0.2) is 60.8 Å². The molecule has 1 aliphatic heterocycles. The number of nitrogens with one attached hydrogen (secondary N) is 2. The number of amides is 3. The van der Waals surface area contributed by atoms with E-state index in [-0.39, 0.29) is 29.6 Å². The highest BCUT2D eigenvalue weighted by molar-refractivity contribution is 6.07. The molecule has 0 radical (unpaired) electrons. The van der Waals surface area contributed by atoms with Crippen molar-refractivity contribution in [3.63, 3.8) is 0 Å². The van der Waals surface area contributed by atoms with Gasteiger partial charge in [-0.2, -0.15) is 0 Å². The summed E-state index contributed by atoms with van der Waals surface area (Å²) >= 11 is 0. The summed E-state index contributed by atoms with van der Waals surface area (Å²) in [6, 6.07) is 11.8. The third kappa shape index (κ3) is 3.31. The van der Waals surface area contributed by atoms with Crippen molar-refractivity contribution in [2.45, 2.75) is 12.8 Å². The maximum absolute atomic E-state index is 12.8. The summed E-state index contributed by atoms with van der Waals surface area (Å²) in [4.78, 5) is 41.8. The number of benzene rings is 1. The maximum atomic E-state index is 12.8. The molecule has 0 bridgehead atoms. The molecule has 0 unspecified atom stereocenters. The second kappa shape index (κ2) is 7.03. The van der Waals surface area contributed by atoms with E-state index in [2.05, 4.69) is 15.7 Å². The lowest BCUT2D eigenvalue weighted by Crippen LogP contribution is -2.59. The predicted molar refractivity (Wildman–Crippen MR) is 99.6 cm³/mol. The van der Waals surface area contributed by atoms with E-state index < -0.39 is 0 Å². The van der Waals surface area contributed by atoms with Crippen molar-refractivity contribution in [3.8, 4) is 0 Å². The van der Waals surface area contributed by atoms with Crippen LogP contribution in [0, 0.1) is 11.8 Å². The van der Waals surface area contributed by atoms with E-state index in [9.17, 15) is 14.4 Å². The molecule has 2 aromatic rings. The highest BCUT2D eigenvalue weighted by Crippen LogP contribution is 2.32. The van der Waals surface area contributed by atoms with Crippen molar-refractivity contribution in [1.29, 1.82) is 0 Å². The van der Waals surface area contributed by atoms with Gasteiger partial charge in [-0.15, -0.1) is 0 Å². The SMILES string of the molecule is O=C(Nc1ccccn1)c1cccc(N2NC(=O)[C@@H]3CC=CC[C@@H]3C2=O)c1. The number of hydrogen-bond donors (Lipinski definition) is 2. The first-order valence-electron chi connectivity index (χ1n) is 8.75. The summed E-state index contributed by atoms with van der Waals surface area (Å²) in [5.74, 6) is -0.931. The Kier molecular flexibility index (Phi) is 4.42. The summed E-state index contributed by atoms with van der Waals surface area (Å²) in [5, 5.41) is 3.95. The van der Waals surface area contributed by atoms with Gasteiger partial charge in [0.1, 0.15) is 5.82 Å². The molecule has 2 heterocycles. The first-order chi connectivity index (χ1) is 13.1. The van der Waals surface area contributed by atoms with Crippen molar-refractivity contribution in [2.24, 2.45) is 11.8 Å². The molecule has 1 aromatic heterocycles. The van der Waals surface area contributed by atoms with Crippen LogP contribution in [-0.4, -0.2) is 22.7 Å². The van der Waals surface area contributed by atoms with Gasteiger partial charge >= 0.3 is 0 Å². The molecule has 3 amide bonds. The highest BCUT2D eigenvalue weighted by atomic mass is 16.2. The number of hydrogen-bond acceptors (Lipinski definition) is 4. The zero-order chi connectivity index (χ0) is 18.8. The summed E-state index contributed by atoms with van der Waals surface area (Å²) in [6.07, 6.45) is 6.58. The Bertz CT molecular complexity index is 926. The Morgan fingerprint density at radius 1 is 1.07 bits per heavy atom. The van der Waals surface area contributed by atoms with E-state index in [1.807, 2.05) is 12.2 Å². The number of pyridine rings is 1. The molecule has 0 spiro atoms. The van der Waals surface area contributed by atoms with Gasteiger partial charge in [0.05, 0.1) is 17.5 Å². The molecule has 7 nitrogen and oxygen atoms in total. The quantitative estimate of drug-likeness (QED) is 0.820. The number of carbonyl (C=O) groups excluding carboxylic acids is 3. The Balaban J connectivity index is 1.57. The lowest BCUT2D eigenvalue weighted by atomic mass is 9.80. The number of rotatable bonds is 3. The summed E-state index contributed by atoms with van der Waals surface area (Å²) < 4.78 is 0. The van der Waals surface area contributed by atoms with Crippen molar-refractivity contribution in [1.82, 2.24) is 10.4 Å². The minimum absolute atomic E-state index is 0.161. The van der Waals surface area contributed by atoms with Gasteiger partial charge in [-0.3, -0.25) is 19.8 Å². The molecule has 1 aliphatic carbocycles. The molecule has 27 heavy (non-hydrogen) atoms. The zero-order valence-electron chi connectivity index (χ0n) is 14.5. The lowest BCUT2D eigenvalue weighted by Gasteiger charge is -2.38. The number of hydrazine groups is 1. The van der Waals surface area contributed by atoms with Crippen LogP contribution < -0.4 is 15.8 Å². The molecule has 7 heteroatoms. The second-order valence-corrected chi connectivity index (χ2v) is 6.52. The number of nitrogens with zero attached hydrogens (tertiary/aromatic N) is 2. The van der Waals surface area contributed by atoms with Crippen molar-refractivity contribution in [2.75, 3.05) is 10.3 Å². The molecule has 4 rings (SSSR count). The standard InChI is InChI=1S/C20H18N4O3/c25-18(22-17-10-3-4-11-21-17)13-6-5-7-14(12-13)24-20(27)16-9-2-1-8-15(16)19(26)23-24/h1-7,10-12,15-16H,8-9H2,(H,23,26)(H,21,22,25)/t15-,16+/m1/s1. The normalized spacial score (nSPS) is 21.4. The van der Waals surface area contributed by atoms with Gasteiger partial charge < -0.3 is 5.32 Å². The smallest absolute Gasteiger partial charge is 0.256 e. The highest BCUT2D eigenvalue weighted by Gasteiger charge is 2.42. The van der Waals surface area contributed by atoms with Gasteiger partial charge in [0.15, 0.2) is 0 Å². The van der Waals surface area contributed by atoms with Gasteiger partial charge in [-0.1, -0.05) is 24.3 Å². The van der Waals surface area contributed by atoms with Crippen LogP contribution in [0.3, 0.4) is 0 Å².